The number of nitrogens with two attached hydrogens (primary N) is 1. The van der Waals surface area contributed by atoms with Gasteiger partial charge in [0.05, 0.1) is 58.6 Å². The van der Waals surface area contributed by atoms with Gasteiger partial charge in [-0.1, -0.05) is 111 Å². The summed E-state index contributed by atoms with van der Waals surface area (Å²) in [4.78, 5) is 198. The van der Waals surface area contributed by atoms with Crippen LogP contribution >= 0.6 is 23.5 Å². The summed E-state index contributed by atoms with van der Waals surface area (Å²) in [6, 6.07) is 8.02. The Morgan fingerprint density at radius 3 is 1.79 bits per heavy atom. The maximum Gasteiger partial charge on any atom is 0.410 e. The minimum atomic E-state index is -1.24. The number of likely N-dealkylation sites (tertiary alicyclic amines) is 1. The standard InChI is InChI=1S/C76H113N13O18S2/c1-17-46(8)65(54(105-13)39-59(92)87-34-22-26-53(87)67(106-14)47(9)68(96)79-48(10)66(95)50-23-19-18-20-24-50)84(11)74(102)63(44(4)5)83-71(99)64(45(6)7)85(12)76(104)107-42-49-27-29-51(30-28-49)80-69(97)52(25-21-33-78-75(77)103)81-70(98)62(43(2)3)82-57(90)31-32-58(91)86(35-37-88-60(93)40-55(108-15)72(88)100)36-38-89-61(94)41-56(109-16)73(89)101/h18-20,23-24,27-30,40-41,43-48,52-54,62-67,95H,17,21-22,25-26,31-39,42H2,1-16H3,(H,79,96)(H,80,97)(H,81,98)(H,82,90)(H,83,99)(H3,77,78,103)/t46-,47+,48+,52-,53-,54+,62-,63-,64-,65-,66+,67+/m0/s1. The number of amides is 15. The number of aliphatic hydroxyl groups is 1. The molecule has 0 aromatic heterocycles. The Morgan fingerprint density at radius 2 is 1.28 bits per heavy atom. The maximum absolute atomic E-state index is 14.9. The van der Waals surface area contributed by atoms with E-state index in [0.717, 1.165) is 38.2 Å². The summed E-state index contributed by atoms with van der Waals surface area (Å²) in [6.07, 6.45) is 3.39. The molecule has 2 aromatic rings. The second-order valence-corrected chi connectivity index (χ2v) is 30.4. The number of nitrogens with zero attached hydrogens (tertiary/aromatic N) is 6. The molecule has 5 rings (SSSR count). The summed E-state index contributed by atoms with van der Waals surface area (Å²) in [5, 5.41) is 27.4. The van der Waals surface area contributed by atoms with E-state index in [4.69, 9.17) is 19.9 Å². The lowest BCUT2D eigenvalue weighted by atomic mass is 9.89. The van der Waals surface area contributed by atoms with Crippen LogP contribution in [0.4, 0.5) is 15.3 Å². The van der Waals surface area contributed by atoms with E-state index in [1.807, 2.05) is 32.0 Å². The SMILES string of the molecule is CC[C@H](C)[C@@H]([C@@H](CC(=O)N1CCC[C@H]1[C@H](OC)[C@@H](C)C(=O)N[C@H](C)[C@@H](O)c1ccccc1)OC)N(C)C(=O)[C@@H](NC(=O)[C@H](C(C)C)N(C)C(=O)OCc1ccc(NC(=O)[C@H](CCCNC(N)=O)NC(=O)[C@@H](NC(=O)CCC(=O)N(CCN2C(=O)C=C(SC)C2=O)CCN2C(=O)C=C(SC)C2=O)C(C)C)cc1)C(C)C. The average molecular weight is 1560 g/mol. The monoisotopic (exact) mass is 1560 g/mol. The van der Waals surface area contributed by atoms with E-state index in [-0.39, 0.29) is 91.8 Å². The smallest absolute Gasteiger partial charge is 0.410 e. The molecule has 0 aliphatic carbocycles. The van der Waals surface area contributed by atoms with Crippen LogP contribution < -0.4 is 37.6 Å². The Morgan fingerprint density at radius 1 is 0.688 bits per heavy atom. The summed E-state index contributed by atoms with van der Waals surface area (Å²) >= 11 is 2.18. The quantitative estimate of drug-likeness (QED) is 0.0336. The molecule has 15 amide bonds. The molecule has 12 atom stereocenters. The number of primary amides is 1. The number of ether oxygens (including phenoxy) is 3. The largest absolute Gasteiger partial charge is 0.445 e. The van der Waals surface area contributed by atoms with E-state index in [0.29, 0.717) is 36.9 Å². The van der Waals surface area contributed by atoms with E-state index in [9.17, 15) is 72.2 Å². The van der Waals surface area contributed by atoms with Crippen molar-refractivity contribution >= 4 is 112 Å². The molecule has 602 valence electrons. The third kappa shape index (κ3) is 25.3. The van der Waals surface area contributed by atoms with Crippen LogP contribution in [0.1, 0.15) is 138 Å². The topological polar surface area (TPSA) is 405 Å². The van der Waals surface area contributed by atoms with Crippen molar-refractivity contribution in [1.82, 2.24) is 56.0 Å². The van der Waals surface area contributed by atoms with E-state index < -0.39 is 168 Å². The number of rotatable bonds is 43. The van der Waals surface area contributed by atoms with Crippen LogP contribution in [0.15, 0.2) is 76.6 Å². The van der Waals surface area contributed by atoms with Crippen molar-refractivity contribution in [2.24, 2.45) is 35.3 Å². The first kappa shape index (κ1) is 90.7. The average Bonchev–Trinajstić information content (AvgIpc) is 1.80. The zero-order valence-electron chi connectivity index (χ0n) is 65.6. The molecule has 3 aliphatic heterocycles. The van der Waals surface area contributed by atoms with Crippen molar-refractivity contribution in [2.75, 3.05) is 85.4 Å². The molecule has 0 spiro atoms. The van der Waals surface area contributed by atoms with Gasteiger partial charge < -0.3 is 71.7 Å². The van der Waals surface area contributed by atoms with Gasteiger partial charge in [-0.2, -0.15) is 0 Å². The van der Waals surface area contributed by atoms with Gasteiger partial charge in [0, 0.05) is 98.3 Å². The molecule has 31 nitrogen and oxygen atoms in total. The van der Waals surface area contributed by atoms with E-state index in [2.05, 4.69) is 31.9 Å². The minimum absolute atomic E-state index is 0.0138. The Balaban J connectivity index is 1.19. The van der Waals surface area contributed by atoms with Gasteiger partial charge in [0.15, 0.2) is 0 Å². The Labute approximate surface area is 647 Å². The predicted octanol–water partition coefficient (Wildman–Crippen LogP) is 4.43. The lowest BCUT2D eigenvalue weighted by Crippen LogP contribution is -2.60. The number of anilines is 1. The summed E-state index contributed by atoms with van der Waals surface area (Å²) in [5.41, 5.74) is 6.69. The van der Waals surface area contributed by atoms with Crippen molar-refractivity contribution in [3.05, 3.63) is 87.7 Å². The molecule has 9 N–H and O–H groups in total. The van der Waals surface area contributed by atoms with Gasteiger partial charge in [-0.15, -0.1) is 23.5 Å². The molecule has 33 heteroatoms. The molecule has 3 aliphatic rings. The van der Waals surface area contributed by atoms with Gasteiger partial charge in [-0.25, -0.2) is 9.59 Å². The van der Waals surface area contributed by atoms with Gasteiger partial charge in [0.25, 0.3) is 23.6 Å². The number of urea groups is 1. The fourth-order valence-electron chi connectivity index (χ4n) is 13.5. The second kappa shape index (κ2) is 43.5. The molecule has 0 bridgehead atoms. The molecule has 109 heavy (non-hydrogen) atoms. The summed E-state index contributed by atoms with van der Waals surface area (Å²) in [7, 11) is 6.02. The summed E-state index contributed by atoms with van der Waals surface area (Å²) in [6.45, 7) is 17.1. The van der Waals surface area contributed by atoms with Crippen LogP contribution in [-0.4, -0.2) is 252 Å². The van der Waals surface area contributed by atoms with Gasteiger partial charge in [-0.3, -0.25) is 72.2 Å². The van der Waals surface area contributed by atoms with Crippen LogP contribution in [0.2, 0.25) is 0 Å². The van der Waals surface area contributed by atoms with Crippen molar-refractivity contribution in [3.8, 4) is 0 Å². The molecule has 0 radical (unpaired) electrons. The first-order chi connectivity index (χ1) is 51.5. The highest BCUT2D eigenvalue weighted by atomic mass is 32.2. The van der Waals surface area contributed by atoms with E-state index >= 15 is 0 Å². The number of carbonyl (C=O) groups is 14. The molecule has 1 fully saturated rings. The number of hydrogen-bond donors (Lipinski definition) is 8. The normalized spacial score (nSPS) is 17.4. The number of likely N-dealkylation sites (N-methyl/N-ethyl adjacent to an activating group) is 2. The lowest BCUT2D eigenvalue weighted by molar-refractivity contribution is -0.148. The van der Waals surface area contributed by atoms with Crippen LogP contribution in [0, 0.1) is 29.6 Å². The van der Waals surface area contributed by atoms with Crippen molar-refractivity contribution in [1.29, 1.82) is 0 Å². The first-order valence-corrected chi connectivity index (χ1v) is 39.4. The first-order valence-electron chi connectivity index (χ1n) is 36.9. The van der Waals surface area contributed by atoms with E-state index in [1.165, 1.54) is 55.4 Å². The number of aliphatic hydroxyl groups excluding tert-OH is 1. The highest BCUT2D eigenvalue weighted by Gasteiger charge is 2.45. The fraction of sp³-hybridized carbons (Fsp3) is 0.605. The number of hydrogen-bond acceptors (Lipinski definition) is 20. The van der Waals surface area contributed by atoms with Crippen LogP contribution in [0.3, 0.4) is 0 Å². The number of imide groups is 2. The van der Waals surface area contributed by atoms with Crippen LogP contribution in [-0.2, 0) is 78.4 Å². The number of thioether (sulfide) groups is 2. The van der Waals surface area contributed by atoms with Crippen molar-refractivity contribution in [2.45, 2.75) is 188 Å². The van der Waals surface area contributed by atoms with Gasteiger partial charge in [0.1, 0.15) is 30.8 Å². The number of nitrogens with one attached hydrogen (secondary N) is 6. The Kier molecular flexibility index (Phi) is 36.2. The molecular formula is C76H113N13O18S2. The van der Waals surface area contributed by atoms with Crippen LogP contribution in [0.5, 0.6) is 0 Å². The number of methoxy groups -OCH3 is 2. The molecule has 1 saturated heterocycles. The minimum Gasteiger partial charge on any atom is -0.445 e. The van der Waals surface area contributed by atoms with Gasteiger partial charge >= 0.3 is 12.1 Å². The molecule has 0 saturated carbocycles. The van der Waals surface area contributed by atoms with Crippen LogP contribution in [0.25, 0.3) is 0 Å². The Bertz CT molecular complexity index is 3550. The summed E-state index contributed by atoms with van der Waals surface area (Å²) in [5.74, 6) is -9.03. The molecule has 0 unspecified atom stereocenters. The zero-order valence-corrected chi connectivity index (χ0v) is 67.2. The Hall–Kier alpha value is -8.92. The lowest BCUT2D eigenvalue weighted by Gasteiger charge is -2.41. The molecule has 3 heterocycles. The van der Waals surface area contributed by atoms with Gasteiger partial charge in [-0.05, 0) is 92.0 Å². The van der Waals surface area contributed by atoms with Crippen molar-refractivity contribution < 1.29 is 86.4 Å². The fourth-order valence-corrected chi connectivity index (χ4v) is 14.6. The maximum atomic E-state index is 14.9. The van der Waals surface area contributed by atoms with Crippen molar-refractivity contribution in [3.63, 3.8) is 0 Å². The highest BCUT2D eigenvalue weighted by Crippen LogP contribution is 2.31. The zero-order chi connectivity index (χ0) is 81.3. The number of carbonyl (C=O) groups excluding carboxylic acids is 14. The van der Waals surface area contributed by atoms with Gasteiger partial charge in [0.2, 0.25) is 47.3 Å². The highest BCUT2D eigenvalue weighted by molar-refractivity contribution is 8.03. The number of benzene rings is 2. The molecular weight excluding hydrogens is 1450 g/mol. The second-order valence-electron chi connectivity index (χ2n) is 28.7. The summed E-state index contributed by atoms with van der Waals surface area (Å²) < 4.78 is 17.8. The predicted molar refractivity (Wildman–Crippen MR) is 412 cm³/mol. The molecule has 2 aromatic carbocycles. The van der Waals surface area contributed by atoms with E-state index in [1.54, 1.807) is 104 Å². The third-order valence-electron chi connectivity index (χ3n) is 20.0. The third-order valence-corrected chi connectivity index (χ3v) is 21.5.